The molecule has 0 amide bonds. The van der Waals surface area contributed by atoms with Crippen LogP contribution in [0.5, 0.6) is 11.6 Å². The van der Waals surface area contributed by atoms with E-state index >= 15 is 0 Å². The number of aromatic hydroxyl groups is 1. The Hall–Kier alpha value is -2.97. The first-order chi connectivity index (χ1) is 11.2. The predicted molar refractivity (Wildman–Crippen MR) is 79.0 cm³/mol. The maximum atomic E-state index is 12.2. The van der Waals surface area contributed by atoms with Crippen LogP contribution in [0.4, 0.5) is 13.2 Å². The minimum atomic E-state index is -4.75. The van der Waals surface area contributed by atoms with Gasteiger partial charge in [0.05, 0.1) is 28.3 Å². The number of ether oxygens (including phenoxy) is 1. The number of nitrogens with zero attached hydrogens (tertiary/aromatic N) is 3. The Balaban J connectivity index is 1.96. The van der Waals surface area contributed by atoms with E-state index in [1.54, 1.807) is 19.9 Å². The van der Waals surface area contributed by atoms with Crippen LogP contribution < -0.4 is 4.74 Å². The van der Waals surface area contributed by atoms with Crippen LogP contribution in [0.15, 0.2) is 30.3 Å². The van der Waals surface area contributed by atoms with Gasteiger partial charge in [-0.05, 0) is 44.2 Å². The van der Waals surface area contributed by atoms with Crippen LogP contribution in [-0.2, 0) is 0 Å². The van der Waals surface area contributed by atoms with Gasteiger partial charge in [0.25, 0.3) is 0 Å². The van der Waals surface area contributed by atoms with Crippen molar-refractivity contribution in [3.8, 4) is 28.6 Å². The molecule has 24 heavy (non-hydrogen) atoms. The van der Waals surface area contributed by atoms with Crippen LogP contribution in [0.1, 0.15) is 11.4 Å². The van der Waals surface area contributed by atoms with Gasteiger partial charge in [-0.1, -0.05) is 0 Å². The average molecular weight is 338 g/mol. The van der Waals surface area contributed by atoms with E-state index in [2.05, 4.69) is 20.0 Å². The number of halogens is 3. The van der Waals surface area contributed by atoms with Crippen molar-refractivity contribution in [3.63, 3.8) is 0 Å². The van der Waals surface area contributed by atoms with E-state index in [1.165, 1.54) is 16.8 Å². The SMILES string of the molecule is Cc1cc(-c2c(C)nn(-c3ccc(OC(F)(F)F)cc3)c2O)[nH]n1. The molecule has 0 saturated carbocycles. The Morgan fingerprint density at radius 3 is 2.38 bits per heavy atom. The van der Waals surface area contributed by atoms with Gasteiger partial charge in [-0.25, -0.2) is 4.68 Å². The number of hydrogen-bond acceptors (Lipinski definition) is 4. The molecule has 2 aromatic heterocycles. The smallest absolute Gasteiger partial charge is 0.493 e. The highest BCUT2D eigenvalue weighted by Crippen LogP contribution is 2.33. The summed E-state index contributed by atoms with van der Waals surface area (Å²) in [5.41, 5.74) is 2.78. The van der Waals surface area contributed by atoms with Crippen LogP contribution in [0.2, 0.25) is 0 Å². The van der Waals surface area contributed by atoms with Crippen molar-refractivity contribution < 1.29 is 23.0 Å². The summed E-state index contributed by atoms with van der Waals surface area (Å²) < 4.78 is 41.6. The van der Waals surface area contributed by atoms with Crippen molar-refractivity contribution in [2.75, 3.05) is 0 Å². The third-order valence-corrected chi connectivity index (χ3v) is 3.33. The monoisotopic (exact) mass is 338 g/mol. The molecule has 2 N–H and O–H groups in total. The zero-order valence-electron chi connectivity index (χ0n) is 12.7. The molecule has 126 valence electrons. The van der Waals surface area contributed by atoms with Crippen LogP contribution in [0.3, 0.4) is 0 Å². The molecule has 0 spiro atoms. The lowest BCUT2D eigenvalue weighted by Gasteiger charge is -2.09. The largest absolute Gasteiger partial charge is 0.573 e. The van der Waals surface area contributed by atoms with Crippen LogP contribution in [0.25, 0.3) is 16.9 Å². The fourth-order valence-corrected chi connectivity index (χ4v) is 2.35. The van der Waals surface area contributed by atoms with Gasteiger partial charge in [0.2, 0.25) is 5.88 Å². The molecule has 0 unspecified atom stereocenters. The Kier molecular flexibility index (Phi) is 3.70. The zero-order valence-corrected chi connectivity index (χ0v) is 12.7. The van der Waals surface area contributed by atoms with E-state index in [0.29, 0.717) is 22.6 Å². The molecule has 0 aliphatic carbocycles. The standard InChI is InChI=1S/C15H13F3N4O2/c1-8-7-12(20-19-8)13-9(2)21-22(14(13)23)10-3-5-11(6-4-10)24-15(16,17)18/h3-7,23H,1-2H3,(H,19,20). The molecule has 0 aliphatic rings. The van der Waals surface area contributed by atoms with E-state index in [4.69, 9.17) is 0 Å². The highest BCUT2D eigenvalue weighted by molar-refractivity contribution is 5.69. The summed E-state index contributed by atoms with van der Waals surface area (Å²) >= 11 is 0. The predicted octanol–water partition coefficient (Wildman–Crippen LogP) is 3.48. The van der Waals surface area contributed by atoms with Crippen molar-refractivity contribution in [2.45, 2.75) is 20.2 Å². The normalized spacial score (nSPS) is 11.7. The summed E-state index contributed by atoms with van der Waals surface area (Å²) in [6.07, 6.45) is -4.75. The van der Waals surface area contributed by atoms with Gasteiger partial charge < -0.3 is 9.84 Å². The highest BCUT2D eigenvalue weighted by atomic mass is 19.4. The number of alkyl halides is 3. The molecule has 3 aromatic rings. The summed E-state index contributed by atoms with van der Waals surface area (Å²) in [7, 11) is 0. The number of nitrogens with one attached hydrogen (secondary N) is 1. The molecule has 0 bridgehead atoms. The van der Waals surface area contributed by atoms with Gasteiger partial charge in [0.15, 0.2) is 0 Å². The molecule has 0 aliphatic heterocycles. The lowest BCUT2D eigenvalue weighted by molar-refractivity contribution is -0.274. The van der Waals surface area contributed by atoms with Gasteiger partial charge in [-0.3, -0.25) is 5.10 Å². The number of aryl methyl sites for hydroxylation is 2. The molecule has 2 heterocycles. The van der Waals surface area contributed by atoms with E-state index in [1.807, 2.05) is 0 Å². The first-order valence-electron chi connectivity index (χ1n) is 6.92. The van der Waals surface area contributed by atoms with Gasteiger partial charge in [0.1, 0.15) is 5.75 Å². The number of aromatic nitrogens is 4. The Morgan fingerprint density at radius 1 is 1.17 bits per heavy atom. The van der Waals surface area contributed by atoms with E-state index in [0.717, 1.165) is 17.8 Å². The first-order valence-corrected chi connectivity index (χ1v) is 6.92. The van der Waals surface area contributed by atoms with Gasteiger partial charge in [-0.15, -0.1) is 13.2 Å². The lowest BCUT2D eigenvalue weighted by atomic mass is 10.2. The molecular formula is C15H13F3N4O2. The second-order valence-corrected chi connectivity index (χ2v) is 5.16. The molecule has 0 radical (unpaired) electrons. The number of aromatic amines is 1. The minimum Gasteiger partial charge on any atom is -0.493 e. The quantitative estimate of drug-likeness (QED) is 0.766. The van der Waals surface area contributed by atoms with Crippen molar-refractivity contribution in [3.05, 3.63) is 41.7 Å². The topological polar surface area (TPSA) is 76.0 Å². The number of H-pyrrole nitrogens is 1. The maximum absolute atomic E-state index is 12.2. The summed E-state index contributed by atoms with van der Waals surface area (Å²) in [4.78, 5) is 0. The fourth-order valence-electron chi connectivity index (χ4n) is 2.35. The Bertz CT molecular complexity index is 866. The van der Waals surface area contributed by atoms with Crippen LogP contribution >= 0.6 is 0 Å². The number of rotatable bonds is 3. The molecule has 0 saturated heterocycles. The number of hydrogen-bond donors (Lipinski definition) is 2. The third kappa shape index (κ3) is 3.05. The molecule has 3 rings (SSSR count). The van der Waals surface area contributed by atoms with Crippen molar-refractivity contribution in [1.29, 1.82) is 0 Å². The van der Waals surface area contributed by atoms with E-state index in [9.17, 15) is 18.3 Å². The summed E-state index contributed by atoms with van der Waals surface area (Å²) in [6.45, 7) is 3.51. The van der Waals surface area contributed by atoms with Crippen LogP contribution in [-0.4, -0.2) is 31.4 Å². The van der Waals surface area contributed by atoms with Crippen molar-refractivity contribution >= 4 is 0 Å². The molecule has 9 heteroatoms. The van der Waals surface area contributed by atoms with E-state index < -0.39 is 6.36 Å². The van der Waals surface area contributed by atoms with Gasteiger partial charge >= 0.3 is 6.36 Å². The molecule has 1 aromatic carbocycles. The number of benzene rings is 1. The lowest BCUT2D eigenvalue weighted by Crippen LogP contribution is -2.17. The first kappa shape index (κ1) is 15.9. The Labute approximate surface area is 134 Å². The molecule has 6 nitrogen and oxygen atoms in total. The van der Waals surface area contributed by atoms with E-state index in [-0.39, 0.29) is 11.6 Å². The second kappa shape index (κ2) is 5.59. The second-order valence-electron chi connectivity index (χ2n) is 5.16. The molecule has 0 fully saturated rings. The van der Waals surface area contributed by atoms with Crippen LogP contribution in [0, 0.1) is 13.8 Å². The van der Waals surface area contributed by atoms with Gasteiger partial charge in [0, 0.05) is 0 Å². The van der Waals surface area contributed by atoms with Crippen molar-refractivity contribution in [2.24, 2.45) is 0 Å². The zero-order chi connectivity index (χ0) is 17.5. The highest BCUT2D eigenvalue weighted by Gasteiger charge is 2.31. The maximum Gasteiger partial charge on any atom is 0.573 e. The molecule has 0 atom stereocenters. The fraction of sp³-hybridized carbons (Fsp3) is 0.200. The minimum absolute atomic E-state index is 0.138. The summed E-state index contributed by atoms with van der Waals surface area (Å²) in [5.74, 6) is -0.486. The van der Waals surface area contributed by atoms with Gasteiger partial charge in [-0.2, -0.15) is 10.2 Å². The third-order valence-electron chi connectivity index (χ3n) is 3.33. The summed E-state index contributed by atoms with van der Waals surface area (Å²) in [5, 5.41) is 21.5. The average Bonchev–Trinajstić information content (AvgIpc) is 3.02. The Morgan fingerprint density at radius 2 is 1.83 bits per heavy atom. The van der Waals surface area contributed by atoms with Crippen molar-refractivity contribution in [1.82, 2.24) is 20.0 Å². The summed E-state index contributed by atoms with van der Waals surface area (Å²) in [6, 6.07) is 6.80. The molecular weight excluding hydrogens is 325 g/mol.